The van der Waals surface area contributed by atoms with Gasteiger partial charge in [0.1, 0.15) is 5.75 Å². The predicted molar refractivity (Wildman–Crippen MR) is 90.9 cm³/mol. The van der Waals surface area contributed by atoms with Crippen LogP contribution in [0.25, 0.3) is 0 Å². The predicted octanol–water partition coefficient (Wildman–Crippen LogP) is 1.86. The third kappa shape index (κ3) is 1.97. The first-order valence-electron chi connectivity index (χ1n) is 9.12. The third-order valence-electron chi connectivity index (χ3n) is 7.52. The lowest BCUT2D eigenvalue weighted by molar-refractivity contribution is -0.269. The average molecular weight is 346 g/mol. The van der Waals surface area contributed by atoms with E-state index in [4.69, 9.17) is 0 Å². The molecule has 1 aromatic carbocycles. The quantitative estimate of drug-likeness (QED) is 0.582. The molecule has 0 aromatic heterocycles. The SMILES string of the molecule is CC(=O)[C@]1(O)C(O)(O)C[C@H]2[C@@H]3CCc4cc(O)ccc4[C@H]3CC[C@@]21C. The van der Waals surface area contributed by atoms with Crippen molar-refractivity contribution in [3.8, 4) is 5.75 Å². The average Bonchev–Trinajstić information content (AvgIpc) is 2.71. The van der Waals surface area contributed by atoms with Gasteiger partial charge in [-0.05, 0) is 73.6 Å². The fraction of sp³-hybridized carbons (Fsp3) is 0.650. The zero-order valence-electron chi connectivity index (χ0n) is 14.7. The molecular weight excluding hydrogens is 320 g/mol. The largest absolute Gasteiger partial charge is 0.508 e. The van der Waals surface area contributed by atoms with Gasteiger partial charge < -0.3 is 20.4 Å². The number of carbonyl (C=O) groups excluding carboxylic acids is 1. The van der Waals surface area contributed by atoms with Crippen LogP contribution in [0.4, 0.5) is 0 Å². The van der Waals surface area contributed by atoms with Crippen LogP contribution in [0.3, 0.4) is 0 Å². The fourth-order valence-corrected chi connectivity index (χ4v) is 6.31. The van der Waals surface area contributed by atoms with Crippen LogP contribution < -0.4 is 0 Å². The number of fused-ring (bicyclic) bond motifs is 5. The minimum absolute atomic E-state index is 0.0220. The summed E-state index contributed by atoms with van der Waals surface area (Å²) in [5.74, 6) is -2.34. The number of rotatable bonds is 1. The van der Waals surface area contributed by atoms with Gasteiger partial charge in [0, 0.05) is 11.8 Å². The van der Waals surface area contributed by atoms with Gasteiger partial charge in [-0.1, -0.05) is 13.0 Å². The molecule has 0 amide bonds. The Morgan fingerprint density at radius 1 is 1.20 bits per heavy atom. The summed E-state index contributed by atoms with van der Waals surface area (Å²) in [7, 11) is 0. The first kappa shape index (κ1) is 17.0. The number of aryl methyl sites for hydroxylation is 1. The van der Waals surface area contributed by atoms with E-state index < -0.39 is 22.6 Å². The molecule has 25 heavy (non-hydrogen) atoms. The van der Waals surface area contributed by atoms with Crippen LogP contribution in [-0.4, -0.2) is 37.6 Å². The molecule has 1 aromatic rings. The van der Waals surface area contributed by atoms with E-state index >= 15 is 0 Å². The monoisotopic (exact) mass is 346 g/mol. The van der Waals surface area contributed by atoms with Crippen molar-refractivity contribution in [2.45, 2.75) is 63.3 Å². The number of ketones is 1. The number of phenols is 1. The molecule has 0 saturated heterocycles. The van der Waals surface area contributed by atoms with Gasteiger partial charge in [-0.15, -0.1) is 0 Å². The lowest BCUT2D eigenvalue weighted by Crippen LogP contribution is -2.63. The van der Waals surface area contributed by atoms with Crippen LogP contribution in [-0.2, 0) is 11.2 Å². The Kier molecular flexibility index (Phi) is 3.44. The van der Waals surface area contributed by atoms with E-state index in [1.165, 1.54) is 12.5 Å². The molecule has 3 aliphatic carbocycles. The molecule has 3 aliphatic rings. The van der Waals surface area contributed by atoms with E-state index in [-0.39, 0.29) is 29.9 Å². The number of carbonyl (C=O) groups is 1. The lowest BCUT2D eigenvalue weighted by Gasteiger charge is -2.52. The first-order chi connectivity index (χ1) is 11.6. The zero-order valence-corrected chi connectivity index (χ0v) is 14.7. The smallest absolute Gasteiger partial charge is 0.200 e. The Hall–Kier alpha value is -1.43. The lowest BCUT2D eigenvalue weighted by atomic mass is 9.52. The van der Waals surface area contributed by atoms with Gasteiger partial charge in [-0.2, -0.15) is 0 Å². The normalized spacial score (nSPS) is 41.6. The minimum atomic E-state index is -2.39. The number of aliphatic hydroxyl groups is 3. The van der Waals surface area contributed by atoms with Gasteiger partial charge in [0.05, 0.1) is 0 Å². The van der Waals surface area contributed by atoms with E-state index in [9.17, 15) is 25.2 Å². The Labute approximate surface area is 147 Å². The van der Waals surface area contributed by atoms with E-state index in [0.29, 0.717) is 6.42 Å². The molecule has 0 aliphatic heterocycles. The molecule has 0 spiro atoms. The second kappa shape index (κ2) is 5.06. The molecule has 0 heterocycles. The minimum Gasteiger partial charge on any atom is -0.508 e. The van der Waals surface area contributed by atoms with Crippen LogP contribution >= 0.6 is 0 Å². The molecule has 2 saturated carbocycles. The number of phenolic OH excluding ortho intramolecular Hbond substituents is 1. The van der Waals surface area contributed by atoms with Crippen molar-refractivity contribution < 1.29 is 25.2 Å². The summed E-state index contributed by atoms with van der Waals surface area (Å²) in [6.45, 7) is 3.09. The van der Waals surface area contributed by atoms with E-state index in [1.807, 2.05) is 19.1 Å². The topological polar surface area (TPSA) is 98.0 Å². The summed E-state index contributed by atoms with van der Waals surface area (Å²) >= 11 is 0. The molecule has 136 valence electrons. The molecule has 5 nitrogen and oxygen atoms in total. The summed E-state index contributed by atoms with van der Waals surface area (Å²) in [5.41, 5.74) is -0.581. The zero-order chi connectivity index (χ0) is 18.2. The van der Waals surface area contributed by atoms with E-state index in [1.54, 1.807) is 6.07 Å². The highest BCUT2D eigenvalue weighted by atomic mass is 16.5. The van der Waals surface area contributed by atoms with Crippen LogP contribution in [0.15, 0.2) is 18.2 Å². The second-order valence-electron chi connectivity index (χ2n) is 8.54. The van der Waals surface area contributed by atoms with Crippen molar-refractivity contribution in [3.05, 3.63) is 29.3 Å². The van der Waals surface area contributed by atoms with Crippen LogP contribution in [0.2, 0.25) is 0 Å². The van der Waals surface area contributed by atoms with Crippen LogP contribution in [0, 0.1) is 17.3 Å². The molecule has 5 atom stereocenters. The van der Waals surface area contributed by atoms with Crippen molar-refractivity contribution in [1.82, 2.24) is 0 Å². The van der Waals surface area contributed by atoms with Crippen molar-refractivity contribution in [3.63, 3.8) is 0 Å². The van der Waals surface area contributed by atoms with Crippen molar-refractivity contribution in [2.75, 3.05) is 0 Å². The standard InChI is InChI=1S/C20H26O5/c1-11(21)20(25)18(2)8-7-15-14-6-4-13(22)9-12(14)3-5-16(15)17(18)10-19(20,23)24/h4,6,9,15-17,22-25H,3,5,7-8,10H2,1-2H3/t15-,16-,17+,18+,20-/m1/s1. The number of Topliss-reactive ketones (excluding diaryl/α,β-unsaturated/α-hetero) is 1. The molecule has 4 rings (SSSR count). The highest BCUT2D eigenvalue weighted by Gasteiger charge is 2.73. The maximum Gasteiger partial charge on any atom is 0.200 e. The molecule has 2 fully saturated rings. The molecule has 0 radical (unpaired) electrons. The summed E-state index contributed by atoms with van der Waals surface area (Å²) < 4.78 is 0. The third-order valence-corrected chi connectivity index (χ3v) is 7.52. The van der Waals surface area contributed by atoms with Crippen molar-refractivity contribution in [2.24, 2.45) is 17.3 Å². The van der Waals surface area contributed by atoms with Crippen molar-refractivity contribution >= 4 is 5.78 Å². The first-order valence-corrected chi connectivity index (χ1v) is 9.12. The molecular formula is C20H26O5. The number of hydrogen-bond donors (Lipinski definition) is 4. The van der Waals surface area contributed by atoms with Gasteiger partial charge in [0.25, 0.3) is 0 Å². The van der Waals surface area contributed by atoms with E-state index in [2.05, 4.69) is 0 Å². The Balaban J connectivity index is 1.77. The molecule has 5 heteroatoms. The fourth-order valence-electron chi connectivity index (χ4n) is 6.31. The number of hydrogen-bond acceptors (Lipinski definition) is 5. The number of aromatic hydroxyl groups is 1. The Morgan fingerprint density at radius 2 is 1.92 bits per heavy atom. The maximum atomic E-state index is 12.2. The number of benzene rings is 1. The highest BCUT2D eigenvalue weighted by molar-refractivity contribution is 5.87. The van der Waals surface area contributed by atoms with Gasteiger partial charge in [-0.25, -0.2) is 0 Å². The molecule has 0 unspecified atom stereocenters. The van der Waals surface area contributed by atoms with Gasteiger partial charge in [0.2, 0.25) is 5.79 Å². The van der Waals surface area contributed by atoms with Crippen molar-refractivity contribution in [1.29, 1.82) is 0 Å². The molecule has 0 bridgehead atoms. The van der Waals surface area contributed by atoms with Gasteiger partial charge >= 0.3 is 0 Å². The summed E-state index contributed by atoms with van der Waals surface area (Å²) in [6, 6.07) is 5.50. The Morgan fingerprint density at radius 3 is 2.60 bits per heavy atom. The Bertz CT molecular complexity index is 742. The molecule has 4 N–H and O–H groups in total. The van der Waals surface area contributed by atoms with Gasteiger partial charge in [0.15, 0.2) is 11.4 Å². The van der Waals surface area contributed by atoms with Crippen LogP contribution in [0.5, 0.6) is 5.75 Å². The second-order valence-corrected chi connectivity index (χ2v) is 8.54. The summed E-state index contributed by atoms with van der Waals surface area (Å²) in [5, 5.41) is 41.9. The highest BCUT2D eigenvalue weighted by Crippen LogP contribution is 2.66. The summed E-state index contributed by atoms with van der Waals surface area (Å²) in [4.78, 5) is 12.2. The summed E-state index contributed by atoms with van der Waals surface area (Å²) in [6.07, 6.45) is 3.07. The van der Waals surface area contributed by atoms with Gasteiger partial charge in [-0.3, -0.25) is 4.79 Å². The van der Waals surface area contributed by atoms with Crippen LogP contribution in [0.1, 0.15) is 56.6 Å². The van der Waals surface area contributed by atoms with E-state index in [0.717, 1.165) is 24.8 Å². The maximum absolute atomic E-state index is 12.2.